The van der Waals surface area contributed by atoms with Crippen molar-refractivity contribution in [2.45, 2.75) is 24.9 Å². The van der Waals surface area contributed by atoms with E-state index in [1.54, 1.807) is 0 Å². The highest BCUT2D eigenvalue weighted by molar-refractivity contribution is 5.89. The van der Waals surface area contributed by atoms with Crippen LogP contribution in [0.25, 0.3) is 11.3 Å². The summed E-state index contributed by atoms with van der Waals surface area (Å²) in [5.41, 5.74) is -2.24. The number of halogens is 3. The molecule has 1 aliphatic heterocycles. The minimum absolute atomic E-state index is 0.0975. The van der Waals surface area contributed by atoms with Crippen molar-refractivity contribution in [2.24, 2.45) is 5.10 Å². The molecule has 1 aliphatic rings. The van der Waals surface area contributed by atoms with Gasteiger partial charge in [0.2, 0.25) is 0 Å². The van der Waals surface area contributed by atoms with Crippen molar-refractivity contribution in [1.29, 1.82) is 0 Å². The van der Waals surface area contributed by atoms with Crippen molar-refractivity contribution in [3.63, 3.8) is 0 Å². The number of hydrogen-bond donors (Lipinski definition) is 1. The number of hydrazone groups is 1. The maximum atomic E-state index is 13.2. The molecule has 1 aromatic heterocycles. The SMILES string of the molecule is COC(=O)N1N=C(Cn2cc(-c3ccccc3)nn2)CC1(O)C(F)(F)F. The van der Waals surface area contributed by atoms with E-state index in [-0.39, 0.29) is 17.3 Å². The number of carbonyl (C=O) groups is 1. The molecule has 3 rings (SSSR count). The second-order valence-corrected chi connectivity index (χ2v) is 5.61. The molecule has 0 fully saturated rings. The minimum Gasteiger partial charge on any atom is -0.451 e. The lowest BCUT2D eigenvalue weighted by Crippen LogP contribution is -2.56. The molecular weight excluding hydrogens is 355 g/mol. The van der Waals surface area contributed by atoms with Gasteiger partial charge in [0.25, 0.3) is 5.72 Å². The average Bonchev–Trinajstić information content (AvgIpc) is 3.20. The third-order valence-electron chi connectivity index (χ3n) is 3.80. The van der Waals surface area contributed by atoms with Crippen LogP contribution in [0.5, 0.6) is 0 Å². The maximum absolute atomic E-state index is 13.2. The monoisotopic (exact) mass is 369 g/mol. The summed E-state index contributed by atoms with van der Waals surface area (Å²) < 4.78 is 45.2. The molecule has 1 amide bonds. The Labute approximate surface area is 145 Å². The van der Waals surface area contributed by atoms with Crippen molar-refractivity contribution in [2.75, 3.05) is 7.11 Å². The van der Waals surface area contributed by atoms with Crippen LogP contribution in [0.15, 0.2) is 41.6 Å². The smallest absolute Gasteiger partial charge is 0.439 e. The molecule has 1 aromatic carbocycles. The number of aliphatic hydroxyl groups is 1. The van der Waals surface area contributed by atoms with E-state index in [1.165, 1.54) is 10.9 Å². The molecule has 0 saturated carbocycles. The van der Waals surface area contributed by atoms with Gasteiger partial charge in [0.1, 0.15) is 5.69 Å². The van der Waals surface area contributed by atoms with E-state index in [0.717, 1.165) is 12.7 Å². The van der Waals surface area contributed by atoms with Gasteiger partial charge >= 0.3 is 12.3 Å². The number of nitrogens with zero attached hydrogens (tertiary/aromatic N) is 5. The molecule has 0 saturated heterocycles. The van der Waals surface area contributed by atoms with Crippen LogP contribution in [0.4, 0.5) is 18.0 Å². The van der Waals surface area contributed by atoms with Crippen LogP contribution < -0.4 is 0 Å². The van der Waals surface area contributed by atoms with E-state index >= 15 is 0 Å². The number of methoxy groups -OCH3 is 1. The van der Waals surface area contributed by atoms with Crippen LogP contribution >= 0.6 is 0 Å². The van der Waals surface area contributed by atoms with Crippen LogP contribution in [-0.4, -0.2) is 55.9 Å². The molecule has 0 aliphatic carbocycles. The number of ether oxygens (including phenoxy) is 1. The average molecular weight is 369 g/mol. The summed E-state index contributed by atoms with van der Waals surface area (Å²) in [6, 6.07) is 9.08. The van der Waals surface area contributed by atoms with Crippen molar-refractivity contribution >= 4 is 11.8 Å². The molecule has 2 aromatic rings. The Balaban J connectivity index is 1.82. The molecule has 0 bridgehead atoms. The van der Waals surface area contributed by atoms with Crippen molar-refractivity contribution in [3.8, 4) is 11.3 Å². The zero-order valence-corrected chi connectivity index (χ0v) is 13.5. The number of hydrogen-bond acceptors (Lipinski definition) is 6. The molecule has 1 atom stereocenters. The first kappa shape index (κ1) is 17.9. The number of aromatic nitrogens is 3. The van der Waals surface area contributed by atoms with Crippen LogP contribution in [-0.2, 0) is 11.3 Å². The van der Waals surface area contributed by atoms with Gasteiger partial charge in [-0.15, -0.1) is 5.10 Å². The van der Waals surface area contributed by atoms with Crippen molar-refractivity contribution < 1.29 is 27.8 Å². The fraction of sp³-hybridized carbons (Fsp3) is 0.333. The predicted octanol–water partition coefficient (Wildman–Crippen LogP) is 2.02. The molecule has 0 radical (unpaired) electrons. The van der Waals surface area contributed by atoms with Crippen LogP contribution in [0.2, 0.25) is 0 Å². The highest BCUT2D eigenvalue weighted by atomic mass is 19.4. The van der Waals surface area contributed by atoms with Gasteiger partial charge in [-0.25, -0.2) is 9.48 Å². The summed E-state index contributed by atoms with van der Waals surface area (Å²) in [4.78, 5) is 11.6. The quantitative estimate of drug-likeness (QED) is 0.894. The fourth-order valence-corrected chi connectivity index (χ4v) is 2.51. The second kappa shape index (κ2) is 6.41. The Hall–Kier alpha value is -2.95. The molecule has 26 heavy (non-hydrogen) atoms. The van der Waals surface area contributed by atoms with Crippen LogP contribution in [0.1, 0.15) is 6.42 Å². The van der Waals surface area contributed by atoms with Crippen molar-refractivity contribution in [1.82, 2.24) is 20.0 Å². The zero-order valence-electron chi connectivity index (χ0n) is 13.5. The number of rotatable bonds is 3. The molecule has 1 unspecified atom stereocenters. The van der Waals surface area contributed by atoms with Gasteiger partial charge in [-0.2, -0.15) is 23.3 Å². The summed E-state index contributed by atoms with van der Waals surface area (Å²) in [5.74, 6) is 0. The summed E-state index contributed by atoms with van der Waals surface area (Å²) in [7, 11) is 0.899. The number of amides is 1. The second-order valence-electron chi connectivity index (χ2n) is 5.61. The molecule has 1 N–H and O–H groups in total. The topological polar surface area (TPSA) is 92.8 Å². The first-order valence-corrected chi connectivity index (χ1v) is 7.44. The van der Waals surface area contributed by atoms with E-state index in [9.17, 15) is 23.1 Å². The lowest BCUT2D eigenvalue weighted by molar-refractivity contribution is -0.299. The van der Waals surface area contributed by atoms with E-state index in [1.807, 2.05) is 30.3 Å². The summed E-state index contributed by atoms with van der Waals surface area (Å²) in [6.45, 7) is -0.175. The summed E-state index contributed by atoms with van der Waals surface area (Å²) in [5, 5.41) is 21.2. The van der Waals surface area contributed by atoms with Gasteiger partial charge in [0, 0.05) is 12.0 Å². The first-order chi connectivity index (χ1) is 12.2. The van der Waals surface area contributed by atoms with Crippen LogP contribution in [0, 0.1) is 0 Å². The molecule has 11 heteroatoms. The van der Waals surface area contributed by atoms with Gasteiger partial charge < -0.3 is 9.84 Å². The zero-order chi connectivity index (χ0) is 18.9. The van der Waals surface area contributed by atoms with Gasteiger partial charge in [0.15, 0.2) is 0 Å². The lowest BCUT2D eigenvalue weighted by atomic mass is 10.1. The predicted molar refractivity (Wildman–Crippen MR) is 82.8 cm³/mol. The molecular formula is C15H14F3N5O3. The molecule has 138 valence electrons. The maximum Gasteiger partial charge on any atom is 0.439 e. The Bertz CT molecular complexity index is 837. The normalized spacial score (nSPS) is 20.2. The number of benzene rings is 1. The largest absolute Gasteiger partial charge is 0.451 e. The number of carbonyl (C=O) groups excluding carboxylic acids is 1. The third kappa shape index (κ3) is 3.12. The standard InChI is InChI=1S/C15H14F3N5O3/c1-26-13(24)23-14(25,15(16,17)18)7-11(20-23)8-22-9-12(19-21-22)10-5-3-2-4-6-10/h2-6,9,25H,7-8H2,1H3. The van der Waals surface area contributed by atoms with Gasteiger partial charge in [-0.05, 0) is 0 Å². The van der Waals surface area contributed by atoms with Crippen molar-refractivity contribution in [3.05, 3.63) is 36.5 Å². The number of alkyl halides is 3. The van der Waals surface area contributed by atoms with E-state index in [0.29, 0.717) is 5.69 Å². The van der Waals surface area contributed by atoms with E-state index < -0.39 is 24.4 Å². The highest BCUT2D eigenvalue weighted by Crippen LogP contribution is 2.40. The molecule has 2 heterocycles. The Morgan fingerprint density at radius 1 is 1.35 bits per heavy atom. The minimum atomic E-state index is -5.11. The Morgan fingerprint density at radius 2 is 2.04 bits per heavy atom. The van der Waals surface area contributed by atoms with Crippen LogP contribution in [0.3, 0.4) is 0 Å². The molecule has 8 nitrogen and oxygen atoms in total. The lowest BCUT2D eigenvalue weighted by Gasteiger charge is -2.31. The first-order valence-electron chi connectivity index (χ1n) is 7.44. The Morgan fingerprint density at radius 3 is 2.65 bits per heavy atom. The van der Waals surface area contributed by atoms with E-state index in [2.05, 4.69) is 20.2 Å². The summed E-state index contributed by atoms with van der Waals surface area (Å²) >= 11 is 0. The fourth-order valence-electron chi connectivity index (χ4n) is 2.51. The third-order valence-corrected chi connectivity index (χ3v) is 3.80. The summed E-state index contributed by atoms with van der Waals surface area (Å²) in [6.07, 6.45) is -5.90. The van der Waals surface area contributed by atoms with Gasteiger partial charge in [-0.1, -0.05) is 35.5 Å². The highest BCUT2D eigenvalue weighted by Gasteiger charge is 2.63. The van der Waals surface area contributed by atoms with E-state index in [4.69, 9.17) is 0 Å². The molecule has 0 spiro atoms. The Kier molecular flexibility index (Phi) is 4.40. The van der Waals surface area contributed by atoms with Gasteiger partial charge in [-0.3, -0.25) is 0 Å². The van der Waals surface area contributed by atoms with Gasteiger partial charge in [0.05, 0.1) is 25.6 Å².